The highest BCUT2D eigenvalue weighted by Gasteiger charge is 2.33. The van der Waals surface area contributed by atoms with E-state index in [0.29, 0.717) is 13.0 Å². The second kappa shape index (κ2) is 7.78. The van der Waals surface area contributed by atoms with Gasteiger partial charge in [-0.2, -0.15) is 0 Å². The van der Waals surface area contributed by atoms with Crippen LogP contribution < -0.4 is 0 Å². The van der Waals surface area contributed by atoms with Crippen LogP contribution in [0.5, 0.6) is 0 Å². The molecule has 0 aromatic heterocycles. The van der Waals surface area contributed by atoms with Gasteiger partial charge in [-0.15, -0.1) is 0 Å². The molecule has 0 aliphatic carbocycles. The number of aliphatic hydroxyl groups is 1. The monoisotopic (exact) mass is 255 g/mol. The molecule has 1 aliphatic heterocycles. The molecule has 1 aliphatic rings. The van der Waals surface area contributed by atoms with E-state index in [0.717, 1.165) is 19.4 Å². The van der Waals surface area contributed by atoms with Gasteiger partial charge in [0.25, 0.3) is 0 Å². The van der Waals surface area contributed by atoms with Crippen molar-refractivity contribution >= 4 is 5.91 Å². The van der Waals surface area contributed by atoms with Gasteiger partial charge in [-0.25, -0.2) is 0 Å². The molecule has 1 fully saturated rings. The molecule has 1 rings (SSSR count). The molecular formula is C15H29NO2. The number of carbonyl (C=O) groups is 1. The van der Waals surface area contributed by atoms with Crippen LogP contribution in [0.1, 0.15) is 71.6 Å². The molecule has 0 aromatic carbocycles. The summed E-state index contributed by atoms with van der Waals surface area (Å²) in [6, 6.07) is 0. The maximum absolute atomic E-state index is 11.9. The molecule has 1 N–H and O–H groups in total. The van der Waals surface area contributed by atoms with Crippen LogP contribution in [-0.4, -0.2) is 34.6 Å². The first-order chi connectivity index (χ1) is 8.55. The lowest BCUT2D eigenvalue weighted by Crippen LogP contribution is -2.33. The lowest BCUT2D eigenvalue weighted by Gasteiger charge is -2.18. The van der Waals surface area contributed by atoms with Gasteiger partial charge >= 0.3 is 0 Å². The number of hydrogen-bond acceptors (Lipinski definition) is 2. The Morgan fingerprint density at radius 3 is 2.33 bits per heavy atom. The first-order valence-electron chi connectivity index (χ1n) is 7.55. The summed E-state index contributed by atoms with van der Waals surface area (Å²) in [7, 11) is 0. The topological polar surface area (TPSA) is 40.5 Å². The molecule has 0 saturated carbocycles. The second-order valence-corrected chi connectivity index (χ2v) is 5.93. The molecule has 0 spiro atoms. The molecule has 1 atom stereocenters. The zero-order valence-corrected chi connectivity index (χ0v) is 12.1. The fourth-order valence-electron chi connectivity index (χ4n) is 2.55. The van der Waals surface area contributed by atoms with Gasteiger partial charge in [0.05, 0.1) is 5.60 Å². The fourth-order valence-corrected chi connectivity index (χ4v) is 2.55. The summed E-state index contributed by atoms with van der Waals surface area (Å²) in [4.78, 5) is 13.7. The van der Waals surface area contributed by atoms with E-state index in [1.165, 1.54) is 38.5 Å². The van der Waals surface area contributed by atoms with Crippen LogP contribution in [0.15, 0.2) is 0 Å². The Morgan fingerprint density at radius 2 is 1.78 bits per heavy atom. The lowest BCUT2D eigenvalue weighted by atomic mass is 10.1. The van der Waals surface area contributed by atoms with Crippen LogP contribution >= 0.6 is 0 Å². The Balaban J connectivity index is 2.01. The Hall–Kier alpha value is -0.570. The largest absolute Gasteiger partial charge is 0.388 e. The van der Waals surface area contributed by atoms with Crippen LogP contribution in [0, 0.1) is 0 Å². The van der Waals surface area contributed by atoms with Crippen molar-refractivity contribution in [3.8, 4) is 0 Å². The molecule has 3 nitrogen and oxygen atoms in total. The Bertz CT molecular complexity index is 251. The van der Waals surface area contributed by atoms with E-state index in [1.807, 2.05) is 11.8 Å². The SMILES string of the molecule is CCCCCCCCCC(=O)N1CCC(C)(O)C1. The number of β-amino-alcohol motifs (C(OH)–C–C–N with tert-alkyl or cyclic N) is 1. The van der Waals surface area contributed by atoms with Gasteiger partial charge in [-0.05, 0) is 19.8 Å². The van der Waals surface area contributed by atoms with Crippen molar-refractivity contribution in [2.75, 3.05) is 13.1 Å². The standard InChI is InChI=1S/C15H29NO2/c1-3-4-5-6-7-8-9-10-14(17)16-12-11-15(2,18)13-16/h18H,3-13H2,1-2H3. The van der Waals surface area contributed by atoms with E-state index < -0.39 is 5.60 Å². The first-order valence-corrected chi connectivity index (χ1v) is 7.55. The minimum absolute atomic E-state index is 0.223. The zero-order valence-electron chi connectivity index (χ0n) is 12.1. The van der Waals surface area contributed by atoms with Gasteiger partial charge in [0, 0.05) is 19.5 Å². The third kappa shape index (κ3) is 5.85. The lowest BCUT2D eigenvalue weighted by molar-refractivity contribution is -0.131. The smallest absolute Gasteiger partial charge is 0.222 e. The fraction of sp³-hybridized carbons (Fsp3) is 0.933. The van der Waals surface area contributed by atoms with E-state index in [9.17, 15) is 9.90 Å². The summed E-state index contributed by atoms with van der Waals surface area (Å²) in [6.45, 7) is 5.28. The predicted molar refractivity (Wildman–Crippen MR) is 74.4 cm³/mol. The van der Waals surface area contributed by atoms with Gasteiger partial charge in [0.15, 0.2) is 0 Å². The number of unbranched alkanes of at least 4 members (excludes halogenated alkanes) is 6. The summed E-state index contributed by atoms with van der Waals surface area (Å²) < 4.78 is 0. The van der Waals surface area contributed by atoms with Crippen LogP contribution in [-0.2, 0) is 4.79 Å². The second-order valence-electron chi connectivity index (χ2n) is 5.93. The first kappa shape index (κ1) is 15.5. The van der Waals surface area contributed by atoms with E-state index in [1.54, 1.807) is 0 Å². The Labute approximate surface area is 112 Å². The van der Waals surface area contributed by atoms with E-state index >= 15 is 0 Å². The average molecular weight is 255 g/mol. The van der Waals surface area contributed by atoms with Gasteiger partial charge < -0.3 is 10.0 Å². The molecule has 106 valence electrons. The maximum atomic E-state index is 11.9. The minimum atomic E-state index is -0.657. The number of rotatable bonds is 8. The van der Waals surface area contributed by atoms with E-state index in [-0.39, 0.29) is 5.91 Å². The summed E-state index contributed by atoms with van der Waals surface area (Å²) in [5.74, 6) is 0.223. The molecule has 0 bridgehead atoms. The summed E-state index contributed by atoms with van der Waals surface area (Å²) in [6.07, 6.45) is 10.1. The average Bonchev–Trinajstić information content (AvgIpc) is 2.68. The summed E-state index contributed by atoms with van der Waals surface area (Å²) in [5.41, 5.74) is -0.657. The third-order valence-corrected chi connectivity index (χ3v) is 3.80. The van der Waals surface area contributed by atoms with Gasteiger partial charge in [0.1, 0.15) is 0 Å². The summed E-state index contributed by atoms with van der Waals surface area (Å²) >= 11 is 0. The van der Waals surface area contributed by atoms with Gasteiger partial charge in [-0.3, -0.25) is 4.79 Å². The number of likely N-dealkylation sites (tertiary alicyclic amines) is 1. The van der Waals surface area contributed by atoms with Crippen molar-refractivity contribution in [1.29, 1.82) is 0 Å². The number of hydrogen-bond donors (Lipinski definition) is 1. The molecule has 0 radical (unpaired) electrons. The van der Waals surface area contributed by atoms with Gasteiger partial charge in [-0.1, -0.05) is 45.4 Å². The Morgan fingerprint density at radius 1 is 1.17 bits per heavy atom. The van der Waals surface area contributed by atoms with Crippen LogP contribution in [0.25, 0.3) is 0 Å². The molecule has 18 heavy (non-hydrogen) atoms. The highest BCUT2D eigenvalue weighted by atomic mass is 16.3. The van der Waals surface area contributed by atoms with Crippen molar-refractivity contribution in [3.05, 3.63) is 0 Å². The molecule has 1 heterocycles. The van der Waals surface area contributed by atoms with Crippen LogP contribution in [0.2, 0.25) is 0 Å². The van der Waals surface area contributed by atoms with Crippen molar-refractivity contribution in [1.82, 2.24) is 4.90 Å². The number of nitrogens with zero attached hydrogens (tertiary/aromatic N) is 1. The van der Waals surface area contributed by atoms with Crippen LogP contribution in [0.4, 0.5) is 0 Å². The summed E-state index contributed by atoms with van der Waals surface area (Å²) in [5, 5.41) is 9.81. The molecular weight excluding hydrogens is 226 g/mol. The molecule has 1 amide bonds. The highest BCUT2D eigenvalue weighted by molar-refractivity contribution is 5.76. The molecule has 1 unspecified atom stereocenters. The maximum Gasteiger partial charge on any atom is 0.222 e. The van der Waals surface area contributed by atoms with Crippen molar-refractivity contribution in [2.24, 2.45) is 0 Å². The van der Waals surface area contributed by atoms with E-state index in [2.05, 4.69) is 6.92 Å². The predicted octanol–water partition coefficient (Wildman–Crippen LogP) is 3.11. The normalized spacial score (nSPS) is 23.6. The van der Waals surface area contributed by atoms with Crippen LogP contribution in [0.3, 0.4) is 0 Å². The number of carbonyl (C=O) groups excluding carboxylic acids is 1. The quantitative estimate of drug-likeness (QED) is 0.677. The van der Waals surface area contributed by atoms with Crippen molar-refractivity contribution in [2.45, 2.75) is 77.2 Å². The Kier molecular flexibility index (Phi) is 6.69. The van der Waals surface area contributed by atoms with E-state index in [4.69, 9.17) is 0 Å². The molecule has 3 heteroatoms. The van der Waals surface area contributed by atoms with Crippen molar-refractivity contribution < 1.29 is 9.90 Å². The molecule has 0 aromatic rings. The highest BCUT2D eigenvalue weighted by Crippen LogP contribution is 2.21. The number of amides is 1. The molecule has 1 saturated heterocycles. The zero-order chi connectivity index (χ0) is 13.4. The van der Waals surface area contributed by atoms with Crippen molar-refractivity contribution in [3.63, 3.8) is 0 Å². The third-order valence-electron chi connectivity index (χ3n) is 3.80. The van der Waals surface area contributed by atoms with Gasteiger partial charge in [0.2, 0.25) is 5.91 Å². The minimum Gasteiger partial charge on any atom is -0.388 e.